The maximum absolute atomic E-state index is 4.82. The summed E-state index contributed by atoms with van der Waals surface area (Å²) in [6.07, 6.45) is 11.8. The third-order valence-electron chi connectivity index (χ3n) is 8.68. The quantitative estimate of drug-likeness (QED) is 0.247. The van der Waals surface area contributed by atoms with E-state index in [-0.39, 0.29) is 40.8 Å². The van der Waals surface area contributed by atoms with Crippen LogP contribution in [0.3, 0.4) is 0 Å². The van der Waals surface area contributed by atoms with Crippen LogP contribution in [0, 0.1) is 124 Å². The van der Waals surface area contributed by atoms with Crippen LogP contribution >= 0.6 is 0 Å². The molecule has 1 nitrogen and oxygen atoms in total. The van der Waals surface area contributed by atoms with Gasteiger partial charge >= 0.3 is 0 Å². The van der Waals surface area contributed by atoms with Crippen molar-refractivity contribution in [1.29, 1.82) is 0 Å². The molecule has 5 heteroatoms. The Balaban J connectivity index is 0.000000589. The third-order valence-corrected chi connectivity index (χ3v) is 17.8. The number of hydrogen-bond donors (Lipinski definition) is 0. The fraction of sp³-hybridized carbons (Fsp3) is 0.688. The van der Waals surface area contributed by atoms with Gasteiger partial charge in [0.05, 0.1) is 8.07 Å². The summed E-state index contributed by atoms with van der Waals surface area (Å²) in [4.78, 5) is 0. The van der Waals surface area contributed by atoms with E-state index in [1.54, 1.807) is 28.8 Å². The van der Waals surface area contributed by atoms with Gasteiger partial charge in [-0.3, -0.25) is 0 Å². The predicted octanol–water partition coefficient (Wildman–Crippen LogP) is 10.3. The van der Waals surface area contributed by atoms with E-state index >= 15 is 0 Å². The van der Waals surface area contributed by atoms with E-state index in [2.05, 4.69) is 120 Å². The first-order valence-electron chi connectivity index (χ1n) is 14.5. The largest absolute Gasteiger partial charge is 0.668 e. The van der Waals surface area contributed by atoms with Crippen molar-refractivity contribution >= 4 is 24.5 Å². The molecule has 0 aliphatic heterocycles. The molecule has 0 bridgehead atoms. The first-order chi connectivity index (χ1) is 16.3. The molecule has 0 heterocycles. The predicted molar refractivity (Wildman–Crippen MR) is 171 cm³/mol. The van der Waals surface area contributed by atoms with Gasteiger partial charge in [-0.1, -0.05) is 124 Å². The monoisotopic (exact) mass is 682 g/mol. The summed E-state index contributed by atoms with van der Waals surface area (Å²) < 4.78 is 4.82. The second-order valence-corrected chi connectivity index (χ2v) is 28.7. The van der Waals surface area contributed by atoms with Gasteiger partial charge in [-0.2, -0.15) is 0 Å². The zero-order valence-corrected chi connectivity index (χ0v) is 33.3. The van der Waals surface area contributed by atoms with E-state index in [0.29, 0.717) is 0 Å². The standard InChI is InChI=1S/C26H40Si.C6H18NSi2.Nd/c1-16(2)24-13-10-17(3)14-25(24)22-11-12-23(15-22)27(8,9)26-20(6)18(4)19(5)21(26)7;1-8(2,3)7-9(4,5)6;/h11-12,15-17,24-25H,10,13-14H2,1-9H3;1-6H3;/q;-1;/t17-,24+,25-;;/m1../s1. The summed E-state index contributed by atoms with van der Waals surface area (Å²) in [7, 11) is -3.88. The Bertz CT molecular complexity index is 657. The molecule has 0 N–H and O–H groups in total. The third kappa shape index (κ3) is 10.0. The molecule has 0 aromatic rings. The van der Waals surface area contributed by atoms with E-state index in [0.717, 1.165) is 23.7 Å². The summed E-state index contributed by atoms with van der Waals surface area (Å²) in [5, 5.41) is 0. The molecule has 0 saturated heterocycles. The maximum Gasteiger partial charge on any atom is 0.0626 e. The molecule has 3 fully saturated rings. The number of nitrogens with zero attached hydrogens (tertiary/aromatic N) is 1. The minimum absolute atomic E-state index is 0. The molecule has 3 saturated carbocycles. The Morgan fingerprint density at radius 2 is 1.24 bits per heavy atom. The van der Waals surface area contributed by atoms with Crippen LogP contribution in [0.25, 0.3) is 4.65 Å². The van der Waals surface area contributed by atoms with Crippen molar-refractivity contribution in [3.8, 4) is 0 Å². The van der Waals surface area contributed by atoms with E-state index in [4.69, 9.17) is 4.65 Å². The summed E-state index contributed by atoms with van der Waals surface area (Å²) in [5.41, 5.74) is 3.32. The fourth-order valence-electron chi connectivity index (χ4n) is 6.97. The van der Waals surface area contributed by atoms with E-state index in [1.165, 1.54) is 31.1 Å². The van der Waals surface area contributed by atoms with Crippen molar-refractivity contribution in [2.75, 3.05) is 0 Å². The van der Waals surface area contributed by atoms with Crippen LogP contribution in [0.5, 0.6) is 0 Å². The molecule has 0 amide bonds. The minimum atomic E-state index is -1.66. The topological polar surface area (TPSA) is 14.1 Å². The van der Waals surface area contributed by atoms with Crippen molar-refractivity contribution in [2.24, 2.45) is 23.7 Å². The molecule has 0 spiro atoms. The Kier molecular flexibility index (Phi) is 14.4. The first-order valence-corrected chi connectivity index (χ1v) is 24.4. The van der Waals surface area contributed by atoms with Gasteiger partial charge in [0.15, 0.2) is 0 Å². The molecule has 10 radical (unpaired) electrons. The maximum atomic E-state index is 4.82. The van der Waals surface area contributed by atoms with Crippen LogP contribution in [0.1, 0.15) is 67.7 Å². The average Bonchev–Trinajstić information content (AvgIpc) is 3.27. The number of hydrogen-bond acceptors (Lipinski definition) is 0. The van der Waals surface area contributed by atoms with Crippen molar-refractivity contribution in [2.45, 2.75) is 120 Å². The summed E-state index contributed by atoms with van der Waals surface area (Å²) in [6, 6.07) is 0. The van der Waals surface area contributed by atoms with Crippen LogP contribution in [0.2, 0.25) is 52.4 Å². The Hall–Kier alpha value is 1.96. The molecule has 0 aromatic heterocycles. The zero-order chi connectivity index (χ0) is 27.8. The van der Waals surface area contributed by atoms with Gasteiger partial charge in [-0.15, -0.1) is 0 Å². The van der Waals surface area contributed by atoms with Crippen molar-refractivity contribution in [3.63, 3.8) is 0 Å². The minimum Gasteiger partial charge on any atom is -0.668 e. The van der Waals surface area contributed by atoms with Gasteiger partial charge in [0, 0.05) is 40.8 Å². The smallest absolute Gasteiger partial charge is 0.0626 e. The normalized spacial score (nSPS) is 29.0. The number of rotatable bonds is 6. The fourth-order valence-corrected chi connectivity index (χ4v) is 18.6. The Labute approximate surface area is 271 Å². The molecule has 37 heavy (non-hydrogen) atoms. The molecule has 208 valence electrons. The average molecular weight is 685 g/mol. The Morgan fingerprint density at radius 3 is 1.65 bits per heavy atom. The second-order valence-electron chi connectivity index (χ2n) is 14.8. The van der Waals surface area contributed by atoms with Crippen LogP contribution in [0.4, 0.5) is 0 Å². The summed E-state index contributed by atoms with van der Waals surface area (Å²) in [6.45, 7) is 35.5. The van der Waals surface area contributed by atoms with Gasteiger partial charge in [-0.05, 0) is 96.4 Å². The molecular formula is C32H58NNdSi3-. The van der Waals surface area contributed by atoms with E-state index < -0.39 is 24.5 Å². The van der Waals surface area contributed by atoms with Crippen LogP contribution < -0.4 is 0 Å². The molecule has 3 atom stereocenters. The van der Waals surface area contributed by atoms with Gasteiger partial charge in [0.1, 0.15) is 0 Å². The SMILES string of the molecule is C[C]1[C](C)[C](C)[C]([Si](C)(C)[C]2[CH][CH][C]([C@H]3C[C@H](C)CC[C@H]3C(C)C)[CH]2)[C]1C.C[Si](C)(C)[N-][Si](C)(C)C.[Nd]. The van der Waals surface area contributed by atoms with Gasteiger partial charge in [0.25, 0.3) is 0 Å². The Morgan fingerprint density at radius 1 is 0.757 bits per heavy atom. The van der Waals surface area contributed by atoms with Gasteiger partial charge in [0.2, 0.25) is 0 Å². The first kappa shape index (κ1) is 37.0. The molecule has 3 aliphatic carbocycles. The van der Waals surface area contributed by atoms with Gasteiger partial charge < -0.3 is 4.65 Å². The zero-order valence-electron chi connectivity index (χ0n) is 27.1. The summed E-state index contributed by atoms with van der Waals surface area (Å²) in [5.74, 6) is 11.0. The molecular weight excluding hydrogens is 627 g/mol. The van der Waals surface area contributed by atoms with E-state index in [9.17, 15) is 0 Å². The van der Waals surface area contributed by atoms with Crippen molar-refractivity contribution in [3.05, 3.63) is 64.6 Å². The van der Waals surface area contributed by atoms with Crippen molar-refractivity contribution < 1.29 is 40.8 Å². The molecule has 3 aliphatic rings. The molecule has 3 rings (SSSR count). The van der Waals surface area contributed by atoms with Gasteiger partial charge in [-0.25, -0.2) is 0 Å². The summed E-state index contributed by atoms with van der Waals surface area (Å²) >= 11 is 0. The van der Waals surface area contributed by atoms with Crippen LogP contribution in [-0.2, 0) is 0 Å². The van der Waals surface area contributed by atoms with E-state index in [1.807, 2.05) is 0 Å². The second kappa shape index (κ2) is 14.4. The van der Waals surface area contributed by atoms with Crippen LogP contribution in [-0.4, -0.2) is 24.5 Å². The molecule has 0 unspecified atom stereocenters. The van der Waals surface area contributed by atoms with Crippen molar-refractivity contribution in [1.82, 2.24) is 0 Å². The molecule has 0 aromatic carbocycles. The van der Waals surface area contributed by atoms with Crippen LogP contribution in [0.15, 0.2) is 0 Å².